The molecule has 38 heavy (non-hydrogen) atoms. The zero-order valence-electron chi connectivity index (χ0n) is 20.5. The molecule has 0 atom stereocenters. The predicted molar refractivity (Wildman–Crippen MR) is 138 cm³/mol. The first-order chi connectivity index (χ1) is 18.2. The normalized spacial score (nSPS) is 10.9. The van der Waals surface area contributed by atoms with E-state index in [1.165, 1.54) is 24.3 Å². The van der Waals surface area contributed by atoms with Crippen LogP contribution in [0, 0.1) is 0 Å². The Labute approximate surface area is 217 Å². The summed E-state index contributed by atoms with van der Waals surface area (Å²) >= 11 is 0. The predicted octanol–water partition coefficient (Wildman–Crippen LogP) is 4.77. The molecule has 0 aliphatic carbocycles. The first-order valence-corrected chi connectivity index (χ1v) is 11.7. The number of amides is 3. The van der Waals surface area contributed by atoms with Crippen LogP contribution in [0.2, 0.25) is 0 Å². The van der Waals surface area contributed by atoms with Gasteiger partial charge in [-0.2, -0.15) is 13.2 Å². The lowest BCUT2D eigenvalue weighted by Crippen LogP contribution is -2.25. The fourth-order valence-electron chi connectivity index (χ4n) is 3.36. The summed E-state index contributed by atoms with van der Waals surface area (Å²) in [5.41, 5.74) is 0.770. The van der Waals surface area contributed by atoms with Gasteiger partial charge in [0, 0.05) is 48.5 Å². The smallest absolute Gasteiger partial charge is 0.385 e. The molecule has 11 heteroatoms. The molecule has 0 aliphatic heterocycles. The number of carbonyl (C=O) groups is 3. The van der Waals surface area contributed by atoms with Crippen molar-refractivity contribution in [3.05, 3.63) is 89.5 Å². The van der Waals surface area contributed by atoms with Crippen LogP contribution in [0.1, 0.15) is 32.7 Å². The molecule has 0 aromatic heterocycles. The molecule has 4 N–H and O–H groups in total. The summed E-state index contributed by atoms with van der Waals surface area (Å²) in [4.78, 5) is 37.0. The maximum absolute atomic E-state index is 12.9. The van der Waals surface area contributed by atoms with Gasteiger partial charge in [-0.05, 0) is 67.1 Å². The van der Waals surface area contributed by atoms with Gasteiger partial charge in [-0.25, -0.2) is 0 Å². The third-order valence-corrected chi connectivity index (χ3v) is 5.27. The summed E-state index contributed by atoms with van der Waals surface area (Å²) in [6, 6.07) is 17.0. The summed E-state index contributed by atoms with van der Waals surface area (Å²) in [6.45, 7) is 0.933. The van der Waals surface area contributed by atoms with Gasteiger partial charge in [0.1, 0.15) is 0 Å². The van der Waals surface area contributed by atoms with E-state index < -0.39 is 17.6 Å². The summed E-state index contributed by atoms with van der Waals surface area (Å²) in [6.07, 6.45) is -3.82. The molecule has 0 radical (unpaired) electrons. The number of hydrogen-bond acceptors (Lipinski definition) is 5. The number of nitrogens with one attached hydrogen (secondary N) is 4. The Morgan fingerprint density at radius 1 is 0.789 bits per heavy atom. The van der Waals surface area contributed by atoms with Gasteiger partial charge in [0.25, 0.3) is 11.8 Å². The van der Waals surface area contributed by atoms with Gasteiger partial charge in [0.2, 0.25) is 5.91 Å². The fourth-order valence-corrected chi connectivity index (χ4v) is 3.36. The van der Waals surface area contributed by atoms with Gasteiger partial charge >= 0.3 is 6.18 Å². The molecule has 3 aromatic rings. The van der Waals surface area contributed by atoms with Crippen molar-refractivity contribution in [3.63, 3.8) is 0 Å². The lowest BCUT2D eigenvalue weighted by molar-refractivity contribution is -0.137. The van der Waals surface area contributed by atoms with E-state index in [-0.39, 0.29) is 29.6 Å². The van der Waals surface area contributed by atoms with Crippen molar-refractivity contribution in [1.29, 1.82) is 0 Å². The van der Waals surface area contributed by atoms with E-state index in [9.17, 15) is 27.6 Å². The average molecular weight is 529 g/mol. The summed E-state index contributed by atoms with van der Waals surface area (Å²) in [7, 11) is 1.59. The van der Waals surface area contributed by atoms with Crippen LogP contribution in [-0.4, -0.2) is 44.5 Å². The van der Waals surface area contributed by atoms with Crippen LogP contribution < -0.4 is 21.3 Å². The van der Waals surface area contributed by atoms with Crippen LogP contribution in [0.4, 0.5) is 30.2 Å². The number of halogens is 3. The Morgan fingerprint density at radius 3 is 2.21 bits per heavy atom. The summed E-state index contributed by atoms with van der Waals surface area (Å²) in [5, 5.41) is 10.8. The second kappa shape index (κ2) is 13.2. The molecule has 8 nitrogen and oxygen atoms in total. The number of anilines is 3. The molecule has 0 aliphatic rings. The van der Waals surface area contributed by atoms with Crippen LogP contribution in [0.25, 0.3) is 0 Å². The van der Waals surface area contributed by atoms with Crippen molar-refractivity contribution >= 4 is 34.8 Å². The zero-order chi connectivity index (χ0) is 27.5. The molecular weight excluding hydrogens is 501 g/mol. The average Bonchev–Trinajstić information content (AvgIpc) is 2.90. The molecule has 0 heterocycles. The SMILES string of the molecule is COCCCNC(=O)c1ccc(NC(=O)CNc2cccc(C(=O)Nc3cccc(C(F)(F)F)c3)c2)cc1. The minimum absolute atomic E-state index is 0.0113. The number of alkyl halides is 3. The molecule has 3 amide bonds. The molecular formula is C27H27F3N4O4. The topological polar surface area (TPSA) is 109 Å². The quantitative estimate of drug-likeness (QED) is 0.268. The molecule has 0 bridgehead atoms. The third kappa shape index (κ3) is 8.63. The maximum Gasteiger partial charge on any atom is 0.416 e. The van der Waals surface area contributed by atoms with Gasteiger partial charge in [-0.15, -0.1) is 0 Å². The maximum atomic E-state index is 12.9. The third-order valence-electron chi connectivity index (χ3n) is 5.27. The lowest BCUT2D eigenvalue weighted by atomic mass is 10.1. The summed E-state index contributed by atoms with van der Waals surface area (Å²) < 4.78 is 43.7. The van der Waals surface area contributed by atoms with Gasteiger partial charge < -0.3 is 26.0 Å². The van der Waals surface area contributed by atoms with Gasteiger partial charge in [0.15, 0.2) is 0 Å². The molecule has 0 unspecified atom stereocenters. The van der Waals surface area contributed by atoms with Gasteiger partial charge in [-0.1, -0.05) is 12.1 Å². The monoisotopic (exact) mass is 528 g/mol. The van der Waals surface area contributed by atoms with Crippen molar-refractivity contribution in [2.45, 2.75) is 12.6 Å². The Hall–Kier alpha value is -4.38. The van der Waals surface area contributed by atoms with E-state index in [1.807, 2.05) is 0 Å². The van der Waals surface area contributed by atoms with Crippen LogP contribution in [-0.2, 0) is 15.7 Å². The van der Waals surface area contributed by atoms with Crippen LogP contribution >= 0.6 is 0 Å². The number of carbonyl (C=O) groups excluding carboxylic acids is 3. The number of methoxy groups -OCH3 is 1. The van der Waals surface area contributed by atoms with Crippen molar-refractivity contribution in [2.24, 2.45) is 0 Å². The second-order valence-electron chi connectivity index (χ2n) is 8.19. The number of ether oxygens (including phenoxy) is 1. The van der Waals surface area contributed by atoms with E-state index in [0.717, 1.165) is 12.1 Å². The standard InChI is InChI=1S/C27H27F3N4O4/c1-38-14-4-13-31-25(36)18-9-11-21(12-10-18)33-24(35)17-32-22-7-2-5-19(15-22)26(37)34-23-8-3-6-20(16-23)27(28,29)30/h2-3,5-12,15-16,32H,4,13-14,17H2,1H3,(H,31,36)(H,33,35)(H,34,37). The molecule has 200 valence electrons. The fraction of sp³-hybridized carbons (Fsp3) is 0.222. The van der Waals surface area contributed by atoms with E-state index in [2.05, 4.69) is 21.3 Å². The molecule has 0 saturated carbocycles. The van der Waals surface area contributed by atoms with Crippen LogP contribution in [0.5, 0.6) is 0 Å². The van der Waals surface area contributed by atoms with E-state index >= 15 is 0 Å². The van der Waals surface area contributed by atoms with Crippen LogP contribution in [0.3, 0.4) is 0 Å². The molecule has 0 fully saturated rings. The van der Waals surface area contributed by atoms with Crippen molar-refractivity contribution < 1.29 is 32.3 Å². The van der Waals surface area contributed by atoms with E-state index in [1.54, 1.807) is 43.5 Å². The van der Waals surface area contributed by atoms with Gasteiger partial charge in [-0.3, -0.25) is 14.4 Å². The minimum atomic E-state index is -4.52. The Kier molecular flexibility index (Phi) is 9.83. The lowest BCUT2D eigenvalue weighted by Gasteiger charge is -2.11. The number of rotatable bonds is 11. The molecule has 3 rings (SSSR count). The van der Waals surface area contributed by atoms with Crippen molar-refractivity contribution in [3.8, 4) is 0 Å². The van der Waals surface area contributed by atoms with E-state index in [4.69, 9.17) is 4.74 Å². The second-order valence-corrected chi connectivity index (χ2v) is 8.19. The van der Waals surface area contributed by atoms with Gasteiger partial charge in [0.05, 0.1) is 12.1 Å². The first-order valence-electron chi connectivity index (χ1n) is 11.7. The zero-order valence-corrected chi connectivity index (χ0v) is 20.5. The highest BCUT2D eigenvalue weighted by Gasteiger charge is 2.30. The highest BCUT2D eigenvalue weighted by Crippen LogP contribution is 2.30. The Morgan fingerprint density at radius 2 is 1.50 bits per heavy atom. The largest absolute Gasteiger partial charge is 0.416 e. The van der Waals surface area contributed by atoms with E-state index in [0.29, 0.717) is 36.5 Å². The molecule has 3 aromatic carbocycles. The Bertz CT molecular complexity index is 1260. The molecule has 0 saturated heterocycles. The highest BCUT2D eigenvalue weighted by molar-refractivity contribution is 6.05. The highest BCUT2D eigenvalue weighted by atomic mass is 19.4. The molecule has 0 spiro atoms. The Balaban J connectivity index is 1.50. The summed E-state index contributed by atoms with van der Waals surface area (Å²) in [5.74, 6) is -1.18. The minimum Gasteiger partial charge on any atom is -0.385 e. The first kappa shape index (κ1) is 28.2. The number of benzene rings is 3. The van der Waals surface area contributed by atoms with Crippen LogP contribution in [0.15, 0.2) is 72.8 Å². The van der Waals surface area contributed by atoms with Crippen molar-refractivity contribution in [1.82, 2.24) is 5.32 Å². The van der Waals surface area contributed by atoms with Crippen molar-refractivity contribution in [2.75, 3.05) is 42.8 Å². The number of hydrogen-bond donors (Lipinski definition) is 4.